The molecule has 1 saturated carbocycles. The maximum Gasteiger partial charge on any atom is 0.220 e. The molecule has 4 nitrogen and oxygen atoms in total. The first-order chi connectivity index (χ1) is 9.72. The number of nitrogens with one attached hydrogen (secondary N) is 1. The summed E-state index contributed by atoms with van der Waals surface area (Å²) in [7, 11) is 1.70. The van der Waals surface area contributed by atoms with Gasteiger partial charge in [0.1, 0.15) is 5.75 Å². The van der Waals surface area contributed by atoms with Crippen molar-refractivity contribution in [3.05, 3.63) is 29.8 Å². The molecule has 4 heteroatoms. The SMILES string of the molecule is COc1ccccc1C1(CNC(=O)CCCN)CCC1. The molecule has 2 rings (SSSR count). The lowest BCUT2D eigenvalue weighted by Gasteiger charge is -2.43. The van der Waals surface area contributed by atoms with E-state index in [1.807, 2.05) is 18.2 Å². The van der Waals surface area contributed by atoms with E-state index in [2.05, 4.69) is 11.4 Å². The molecule has 1 fully saturated rings. The molecule has 0 saturated heterocycles. The normalized spacial score (nSPS) is 16.3. The summed E-state index contributed by atoms with van der Waals surface area (Å²) in [5, 5.41) is 3.06. The van der Waals surface area contributed by atoms with Crippen LogP contribution in [0.2, 0.25) is 0 Å². The summed E-state index contributed by atoms with van der Waals surface area (Å²) >= 11 is 0. The average molecular weight is 276 g/mol. The molecule has 0 unspecified atom stereocenters. The first-order valence-corrected chi connectivity index (χ1v) is 7.32. The van der Waals surface area contributed by atoms with E-state index in [4.69, 9.17) is 10.5 Å². The number of hydrogen-bond donors (Lipinski definition) is 2. The Bertz CT molecular complexity index is 456. The standard InChI is InChI=1S/C16H24N2O2/c1-20-14-7-3-2-6-13(14)16(9-5-10-16)12-18-15(19)8-4-11-17/h2-3,6-7H,4-5,8-12,17H2,1H3,(H,18,19). The lowest BCUT2D eigenvalue weighted by Crippen LogP contribution is -2.45. The second kappa shape index (κ2) is 6.75. The van der Waals surface area contributed by atoms with Crippen molar-refractivity contribution in [1.29, 1.82) is 0 Å². The van der Waals surface area contributed by atoms with Crippen LogP contribution in [0.3, 0.4) is 0 Å². The van der Waals surface area contributed by atoms with Crippen LogP contribution in [-0.2, 0) is 10.2 Å². The molecule has 0 radical (unpaired) electrons. The van der Waals surface area contributed by atoms with E-state index in [1.54, 1.807) is 7.11 Å². The predicted octanol–water partition coefficient (Wildman–Crippen LogP) is 1.97. The Morgan fingerprint density at radius 1 is 1.40 bits per heavy atom. The van der Waals surface area contributed by atoms with Crippen molar-refractivity contribution in [2.75, 3.05) is 20.2 Å². The summed E-state index contributed by atoms with van der Waals surface area (Å²) < 4.78 is 5.47. The maximum atomic E-state index is 11.8. The maximum absolute atomic E-state index is 11.8. The highest BCUT2D eigenvalue weighted by Crippen LogP contribution is 2.46. The Morgan fingerprint density at radius 3 is 2.75 bits per heavy atom. The number of para-hydroxylation sites is 1. The summed E-state index contributed by atoms with van der Waals surface area (Å²) in [5.74, 6) is 1.01. The predicted molar refractivity (Wildman–Crippen MR) is 79.8 cm³/mol. The molecule has 1 aliphatic carbocycles. The lowest BCUT2D eigenvalue weighted by atomic mass is 9.64. The molecule has 0 bridgehead atoms. The van der Waals surface area contributed by atoms with E-state index in [0.29, 0.717) is 19.5 Å². The van der Waals surface area contributed by atoms with E-state index >= 15 is 0 Å². The quantitative estimate of drug-likeness (QED) is 0.800. The summed E-state index contributed by atoms with van der Waals surface area (Å²) in [6.45, 7) is 1.25. The fraction of sp³-hybridized carbons (Fsp3) is 0.562. The minimum Gasteiger partial charge on any atom is -0.496 e. The summed E-state index contributed by atoms with van der Waals surface area (Å²) in [6, 6.07) is 8.12. The number of carbonyl (C=O) groups is 1. The van der Waals surface area contributed by atoms with Crippen molar-refractivity contribution >= 4 is 5.91 Å². The van der Waals surface area contributed by atoms with Gasteiger partial charge in [0.25, 0.3) is 0 Å². The zero-order valence-corrected chi connectivity index (χ0v) is 12.2. The minimum atomic E-state index is 0.0466. The number of carbonyl (C=O) groups excluding carboxylic acids is 1. The van der Waals surface area contributed by atoms with Crippen LogP contribution in [0.15, 0.2) is 24.3 Å². The third-order valence-electron chi connectivity index (χ3n) is 4.22. The Labute approximate surface area is 120 Å². The van der Waals surface area contributed by atoms with Crippen LogP contribution in [0.25, 0.3) is 0 Å². The highest BCUT2D eigenvalue weighted by molar-refractivity contribution is 5.76. The van der Waals surface area contributed by atoms with E-state index in [-0.39, 0.29) is 11.3 Å². The van der Waals surface area contributed by atoms with Gasteiger partial charge in [0, 0.05) is 23.9 Å². The molecule has 1 aromatic carbocycles. The van der Waals surface area contributed by atoms with Crippen LogP contribution in [-0.4, -0.2) is 26.1 Å². The van der Waals surface area contributed by atoms with Gasteiger partial charge in [0.15, 0.2) is 0 Å². The Balaban J connectivity index is 2.04. The Morgan fingerprint density at radius 2 is 2.15 bits per heavy atom. The molecular formula is C16H24N2O2. The molecule has 3 N–H and O–H groups in total. The van der Waals surface area contributed by atoms with E-state index in [0.717, 1.165) is 25.0 Å². The van der Waals surface area contributed by atoms with Crippen molar-refractivity contribution in [2.24, 2.45) is 5.73 Å². The zero-order chi connectivity index (χ0) is 14.4. The Kier molecular flexibility index (Phi) is 5.01. The highest BCUT2D eigenvalue weighted by atomic mass is 16.5. The van der Waals surface area contributed by atoms with Crippen LogP contribution in [0.5, 0.6) is 5.75 Å². The number of hydrogen-bond acceptors (Lipinski definition) is 3. The first kappa shape index (κ1) is 14.9. The molecule has 1 aliphatic rings. The van der Waals surface area contributed by atoms with Crippen molar-refractivity contribution in [1.82, 2.24) is 5.32 Å². The third-order valence-corrected chi connectivity index (χ3v) is 4.22. The number of rotatable bonds is 7. The van der Waals surface area contributed by atoms with Gasteiger partial charge in [0.05, 0.1) is 7.11 Å². The molecule has 0 heterocycles. The van der Waals surface area contributed by atoms with E-state index in [1.165, 1.54) is 12.0 Å². The second-order valence-corrected chi connectivity index (χ2v) is 5.50. The number of ether oxygens (including phenoxy) is 1. The van der Waals surface area contributed by atoms with Gasteiger partial charge in [-0.2, -0.15) is 0 Å². The van der Waals surface area contributed by atoms with Gasteiger partial charge < -0.3 is 15.8 Å². The van der Waals surface area contributed by atoms with Gasteiger partial charge >= 0.3 is 0 Å². The van der Waals surface area contributed by atoms with E-state index < -0.39 is 0 Å². The van der Waals surface area contributed by atoms with Crippen LogP contribution in [0.4, 0.5) is 0 Å². The molecular weight excluding hydrogens is 252 g/mol. The van der Waals surface area contributed by atoms with Crippen LogP contribution in [0, 0.1) is 0 Å². The first-order valence-electron chi connectivity index (χ1n) is 7.32. The number of benzene rings is 1. The monoisotopic (exact) mass is 276 g/mol. The molecule has 20 heavy (non-hydrogen) atoms. The van der Waals surface area contributed by atoms with Gasteiger partial charge in [-0.1, -0.05) is 24.6 Å². The number of methoxy groups -OCH3 is 1. The van der Waals surface area contributed by atoms with Crippen molar-refractivity contribution in [3.63, 3.8) is 0 Å². The molecule has 0 aliphatic heterocycles. The van der Waals surface area contributed by atoms with Gasteiger partial charge in [-0.05, 0) is 31.9 Å². The van der Waals surface area contributed by atoms with Crippen molar-refractivity contribution in [2.45, 2.75) is 37.5 Å². The Hall–Kier alpha value is -1.55. The summed E-state index contributed by atoms with van der Waals surface area (Å²) in [5.41, 5.74) is 6.69. The molecule has 0 atom stereocenters. The largest absolute Gasteiger partial charge is 0.496 e. The smallest absolute Gasteiger partial charge is 0.220 e. The lowest BCUT2D eigenvalue weighted by molar-refractivity contribution is -0.121. The van der Waals surface area contributed by atoms with Gasteiger partial charge in [-0.25, -0.2) is 0 Å². The topological polar surface area (TPSA) is 64.3 Å². The molecule has 110 valence electrons. The van der Waals surface area contributed by atoms with Gasteiger partial charge in [-0.15, -0.1) is 0 Å². The van der Waals surface area contributed by atoms with Gasteiger partial charge in [0.2, 0.25) is 5.91 Å². The molecule has 0 aromatic heterocycles. The summed E-state index contributed by atoms with van der Waals surface area (Å²) in [6.07, 6.45) is 4.66. The van der Waals surface area contributed by atoms with E-state index in [9.17, 15) is 4.79 Å². The fourth-order valence-corrected chi connectivity index (χ4v) is 2.85. The molecule has 1 aromatic rings. The van der Waals surface area contributed by atoms with Crippen molar-refractivity contribution < 1.29 is 9.53 Å². The van der Waals surface area contributed by atoms with Crippen LogP contribution < -0.4 is 15.8 Å². The molecule has 1 amide bonds. The third kappa shape index (κ3) is 3.12. The second-order valence-electron chi connectivity index (χ2n) is 5.50. The number of amides is 1. The van der Waals surface area contributed by atoms with Crippen molar-refractivity contribution in [3.8, 4) is 5.75 Å². The minimum absolute atomic E-state index is 0.0466. The summed E-state index contributed by atoms with van der Waals surface area (Å²) in [4.78, 5) is 11.8. The fourth-order valence-electron chi connectivity index (χ4n) is 2.85. The van der Waals surface area contributed by atoms with Crippen LogP contribution >= 0.6 is 0 Å². The molecule has 0 spiro atoms. The number of nitrogens with two attached hydrogens (primary N) is 1. The zero-order valence-electron chi connectivity index (χ0n) is 12.2. The van der Waals surface area contributed by atoms with Crippen LogP contribution in [0.1, 0.15) is 37.7 Å². The average Bonchev–Trinajstić information content (AvgIpc) is 2.44. The van der Waals surface area contributed by atoms with Gasteiger partial charge in [-0.3, -0.25) is 4.79 Å². The highest BCUT2D eigenvalue weighted by Gasteiger charge is 2.40.